The zero-order chi connectivity index (χ0) is 8.27. The molecule has 0 aromatic carbocycles. The maximum atomic E-state index is 11.0. The molecule has 0 fully saturated rings. The summed E-state index contributed by atoms with van der Waals surface area (Å²) in [6.45, 7) is 3.06. The van der Waals surface area contributed by atoms with Gasteiger partial charge in [0.2, 0.25) is 5.91 Å². The zero-order valence-corrected chi connectivity index (χ0v) is 6.71. The van der Waals surface area contributed by atoms with Gasteiger partial charge in [0, 0.05) is 13.1 Å². The summed E-state index contributed by atoms with van der Waals surface area (Å²) in [6, 6.07) is 0. The minimum Gasteiger partial charge on any atom is -0.387 e. The Balaban J connectivity index is 2.50. The lowest BCUT2D eigenvalue weighted by molar-refractivity contribution is -0.133. The molecule has 1 aliphatic rings. The molecule has 0 saturated heterocycles. The van der Waals surface area contributed by atoms with Crippen molar-refractivity contribution in [1.29, 1.82) is 0 Å². The largest absolute Gasteiger partial charge is 0.387 e. The molecule has 11 heavy (non-hydrogen) atoms. The van der Waals surface area contributed by atoms with Crippen LogP contribution in [0.25, 0.3) is 0 Å². The highest BCUT2D eigenvalue weighted by Gasteiger charge is 2.14. The molecule has 1 amide bonds. The second kappa shape index (κ2) is 3.53. The number of carbonyl (C=O) groups is 1. The van der Waals surface area contributed by atoms with Crippen LogP contribution in [-0.2, 0) is 4.79 Å². The van der Waals surface area contributed by atoms with E-state index in [0.29, 0.717) is 6.54 Å². The van der Waals surface area contributed by atoms with Gasteiger partial charge in [0.15, 0.2) is 0 Å². The van der Waals surface area contributed by atoms with Gasteiger partial charge in [0.1, 0.15) is 6.61 Å². The first kappa shape index (κ1) is 8.27. The van der Waals surface area contributed by atoms with Crippen LogP contribution in [0.3, 0.4) is 0 Å². The number of rotatable bonds is 1. The lowest BCUT2D eigenvalue weighted by Gasteiger charge is -2.25. The van der Waals surface area contributed by atoms with Crippen molar-refractivity contribution in [3.8, 4) is 0 Å². The first-order valence-corrected chi connectivity index (χ1v) is 3.78. The number of hydrogen-bond donors (Lipinski definition) is 1. The molecule has 0 aromatic rings. The monoisotopic (exact) mass is 155 g/mol. The minimum absolute atomic E-state index is 0.169. The van der Waals surface area contributed by atoms with Gasteiger partial charge >= 0.3 is 0 Å². The van der Waals surface area contributed by atoms with Crippen molar-refractivity contribution in [3.05, 3.63) is 11.6 Å². The SMILES string of the molecule is CC1=CCCN(C(=O)CO)C1. The van der Waals surface area contributed by atoms with Gasteiger partial charge < -0.3 is 10.0 Å². The van der Waals surface area contributed by atoms with Crippen molar-refractivity contribution in [3.63, 3.8) is 0 Å². The van der Waals surface area contributed by atoms with Crippen molar-refractivity contribution >= 4 is 5.91 Å². The average molecular weight is 155 g/mol. The molecule has 0 atom stereocenters. The van der Waals surface area contributed by atoms with E-state index in [-0.39, 0.29) is 12.5 Å². The lowest BCUT2D eigenvalue weighted by atomic mass is 10.1. The van der Waals surface area contributed by atoms with E-state index >= 15 is 0 Å². The third-order valence-electron chi connectivity index (χ3n) is 1.82. The van der Waals surface area contributed by atoms with Crippen LogP contribution in [0.4, 0.5) is 0 Å². The van der Waals surface area contributed by atoms with Crippen molar-refractivity contribution in [2.24, 2.45) is 0 Å². The molecule has 0 radical (unpaired) electrons. The van der Waals surface area contributed by atoms with Crippen molar-refractivity contribution < 1.29 is 9.90 Å². The van der Waals surface area contributed by atoms with Crippen LogP contribution in [0, 0.1) is 0 Å². The number of amides is 1. The van der Waals surface area contributed by atoms with Gasteiger partial charge in [-0.05, 0) is 13.3 Å². The summed E-state index contributed by atoms with van der Waals surface area (Å²) in [4.78, 5) is 12.6. The fraction of sp³-hybridized carbons (Fsp3) is 0.625. The minimum atomic E-state index is -0.368. The molecule has 0 unspecified atom stereocenters. The summed E-state index contributed by atoms with van der Waals surface area (Å²) in [5, 5.41) is 8.56. The number of aliphatic hydroxyl groups is 1. The summed E-state index contributed by atoms with van der Waals surface area (Å²) in [5.41, 5.74) is 1.21. The Morgan fingerprint density at radius 3 is 3.09 bits per heavy atom. The Morgan fingerprint density at radius 1 is 1.82 bits per heavy atom. The van der Waals surface area contributed by atoms with Gasteiger partial charge in [-0.3, -0.25) is 4.79 Å². The fourth-order valence-corrected chi connectivity index (χ4v) is 1.22. The Bertz CT molecular complexity index is 187. The van der Waals surface area contributed by atoms with Crippen LogP contribution in [0.15, 0.2) is 11.6 Å². The van der Waals surface area contributed by atoms with Gasteiger partial charge in [-0.25, -0.2) is 0 Å². The average Bonchev–Trinajstić information content (AvgIpc) is 2.03. The van der Waals surface area contributed by atoms with E-state index < -0.39 is 0 Å². The molecule has 1 aliphatic heterocycles. The molecule has 0 aliphatic carbocycles. The predicted molar refractivity (Wildman–Crippen MR) is 42.0 cm³/mol. The van der Waals surface area contributed by atoms with E-state index in [1.54, 1.807) is 4.90 Å². The first-order chi connectivity index (χ1) is 5.24. The Labute approximate surface area is 66.3 Å². The summed E-state index contributed by atoms with van der Waals surface area (Å²) in [6.07, 6.45) is 3.04. The highest BCUT2D eigenvalue weighted by atomic mass is 16.3. The molecule has 1 N–H and O–H groups in total. The molecule has 0 bridgehead atoms. The third-order valence-corrected chi connectivity index (χ3v) is 1.82. The van der Waals surface area contributed by atoms with Crippen LogP contribution in [-0.4, -0.2) is 35.6 Å². The Kier molecular flexibility index (Phi) is 2.65. The van der Waals surface area contributed by atoms with Gasteiger partial charge in [-0.1, -0.05) is 11.6 Å². The van der Waals surface area contributed by atoms with Crippen molar-refractivity contribution in [2.45, 2.75) is 13.3 Å². The molecular weight excluding hydrogens is 142 g/mol. The predicted octanol–water partition coefficient (Wildman–Crippen LogP) is 0.157. The maximum Gasteiger partial charge on any atom is 0.248 e. The van der Waals surface area contributed by atoms with Gasteiger partial charge in [0.25, 0.3) is 0 Å². The normalized spacial score (nSPS) is 18.0. The van der Waals surface area contributed by atoms with E-state index in [0.717, 1.165) is 13.0 Å². The quantitative estimate of drug-likeness (QED) is 0.548. The molecule has 0 aromatic heterocycles. The van der Waals surface area contributed by atoms with Crippen LogP contribution in [0.1, 0.15) is 13.3 Å². The second-order valence-electron chi connectivity index (χ2n) is 2.81. The van der Waals surface area contributed by atoms with E-state index in [1.165, 1.54) is 5.57 Å². The Morgan fingerprint density at radius 2 is 2.55 bits per heavy atom. The number of hydrogen-bond acceptors (Lipinski definition) is 2. The topological polar surface area (TPSA) is 40.5 Å². The molecule has 1 heterocycles. The molecule has 3 nitrogen and oxygen atoms in total. The van der Waals surface area contributed by atoms with Crippen molar-refractivity contribution in [1.82, 2.24) is 4.90 Å². The summed E-state index contributed by atoms with van der Waals surface area (Å²) < 4.78 is 0. The molecule has 0 spiro atoms. The van der Waals surface area contributed by atoms with E-state index in [9.17, 15) is 4.79 Å². The van der Waals surface area contributed by atoms with Crippen molar-refractivity contribution in [2.75, 3.05) is 19.7 Å². The first-order valence-electron chi connectivity index (χ1n) is 3.78. The van der Waals surface area contributed by atoms with Crippen LogP contribution in [0.2, 0.25) is 0 Å². The fourth-order valence-electron chi connectivity index (χ4n) is 1.22. The van der Waals surface area contributed by atoms with E-state index in [2.05, 4.69) is 6.08 Å². The van der Waals surface area contributed by atoms with Crippen LogP contribution >= 0.6 is 0 Å². The van der Waals surface area contributed by atoms with Crippen LogP contribution < -0.4 is 0 Å². The lowest BCUT2D eigenvalue weighted by Crippen LogP contribution is -2.37. The number of carbonyl (C=O) groups excluding carboxylic acids is 1. The second-order valence-corrected chi connectivity index (χ2v) is 2.81. The molecule has 1 rings (SSSR count). The van der Waals surface area contributed by atoms with Gasteiger partial charge in [-0.2, -0.15) is 0 Å². The number of aliphatic hydroxyl groups excluding tert-OH is 1. The van der Waals surface area contributed by atoms with Crippen LogP contribution in [0.5, 0.6) is 0 Å². The highest BCUT2D eigenvalue weighted by Crippen LogP contribution is 2.07. The number of nitrogens with zero attached hydrogens (tertiary/aromatic N) is 1. The molecule has 62 valence electrons. The smallest absolute Gasteiger partial charge is 0.248 e. The Hall–Kier alpha value is -0.830. The molecule has 3 heteroatoms. The summed E-state index contributed by atoms with van der Waals surface area (Å²) in [7, 11) is 0. The molecule has 0 saturated carbocycles. The van der Waals surface area contributed by atoms with E-state index in [1.807, 2.05) is 6.92 Å². The van der Waals surface area contributed by atoms with E-state index in [4.69, 9.17) is 5.11 Å². The third kappa shape index (κ3) is 2.05. The summed E-state index contributed by atoms with van der Waals surface area (Å²) >= 11 is 0. The standard InChI is InChI=1S/C8H13NO2/c1-7-3-2-4-9(5-7)8(11)6-10/h3,10H,2,4-6H2,1H3. The van der Waals surface area contributed by atoms with Gasteiger partial charge in [0.05, 0.1) is 0 Å². The summed E-state index contributed by atoms with van der Waals surface area (Å²) in [5.74, 6) is -0.169. The highest BCUT2D eigenvalue weighted by molar-refractivity contribution is 5.77. The molecular formula is C8H13NO2. The maximum absolute atomic E-state index is 11.0. The zero-order valence-electron chi connectivity index (χ0n) is 6.71. The van der Waals surface area contributed by atoms with Gasteiger partial charge in [-0.15, -0.1) is 0 Å².